The van der Waals surface area contributed by atoms with Gasteiger partial charge in [-0.3, -0.25) is 4.79 Å². The Labute approximate surface area is 92.7 Å². The molecule has 0 aliphatic rings. The van der Waals surface area contributed by atoms with Gasteiger partial charge in [-0.2, -0.15) is 0 Å². The first-order valence-corrected chi connectivity index (χ1v) is 6.59. The predicted molar refractivity (Wildman–Crippen MR) is 57.5 cm³/mol. The summed E-state index contributed by atoms with van der Waals surface area (Å²) in [4.78, 5) is 11.3. The van der Waals surface area contributed by atoms with Gasteiger partial charge in [0.25, 0.3) is 15.0 Å². The first-order valence-electron chi connectivity index (χ1n) is 4.28. The Bertz CT molecular complexity index is 470. The average Bonchev–Trinajstić information content (AvgIpc) is 2.17. The Morgan fingerprint density at radius 2 is 2.00 bits per heavy atom. The summed E-state index contributed by atoms with van der Waals surface area (Å²) in [6.07, 6.45) is 0. The second-order valence-electron chi connectivity index (χ2n) is 2.79. The van der Waals surface area contributed by atoms with E-state index >= 15 is 0 Å². The van der Waals surface area contributed by atoms with Crippen molar-refractivity contribution in [1.82, 2.24) is 5.32 Å². The molecule has 0 spiro atoms. The molecule has 4 nitrogen and oxygen atoms in total. The van der Waals surface area contributed by atoms with Crippen LogP contribution in [0.5, 0.6) is 0 Å². The molecular weight excluding hydrogens is 238 g/mol. The van der Waals surface area contributed by atoms with E-state index < -0.39 is 15.0 Å². The highest BCUT2D eigenvalue weighted by Crippen LogP contribution is 2.19. The SMILES string of the molecule is CCNC(=O)c1ccccc1S(=O)(=O)Cl. The van der Waals surface area contributed by atoms with E-state index in [1.165, 1.54) is 18.2 Å². The molecule has 1 rings (SSSR count). The van der Waals surface area contributed by atoms with Gasteiger partial charge in [0.15, 0.2) is 0 Å². The molecule has 0 atom stereocenters. The van der Waals surface area contributed by atoms with Gasteiger partial charge in [0, 0.05) is 17.2 Å². The van der Waals surface area contributed by atoms with Crippen LogP contribution in [0.2, 0.25) is 0 Å². The minimum absolute atomic E-state index is 0.0642. The van der Waals surface area contributed by atoms with E-state index in [9.17, 15) is 13.2 Å². The smallest absolute Gasteiger partial charge is 0.262 e. The van der Waals surface area contributed by atoms with Crippen LogP contribution in [-0.2, 0) is 9.05 Å². The van der Waals surface area contributed by atoms with Gasteiger partial charge in [0.05, 0.1) is 10.5 Å². The fraction of sp³-hybridized carbons (Fsp3) is 0.222. The Morgan fingerprint density at radius 1 is 1.40 bits per heavy atom. The first kappa shape index (κ1) is 12.0. The highest BCUT2D eigenvalue weighted by molar-refractivity contribution is 8.13. The normalized spacial score (nSPS) is 11.1. The van der Waals surface area contributed by atoms with E-state index in [-0.39, 0.29) is 10.5 Å². The maximum atomic E-state index is 11.5. The topological polar surface area (TPSA) is 63.2 Å². The molecule has 0 saturated carbocycles. The maximum Gasteiger partial charge on any atom is 0.262 e. The predicted octanol–water partition coefficient (Wildman–Crippen LogP) is 1.36. The zero-order chi connectivity index (χ0) is 11.5. The molecule has 1 N–H and O–H groups in total. The zero-order valence-corrected chi connectivity index (χ0v) is 9.60. The number of benzene rings is 1. The molecule has 0 unspecified atom stereocenters. The van der Waals surface area contributed by atoms with Crippen molar-refractivity contribution in [3.63, 3.8) is 0 Å². The lowest BCUT2D eigenvalue weighted by Gasteiger charge is -2.05. The van der Waals surface area contributed by atoms with Crippen LogP contribution >= 0.6 is 10.7 Å². The van der Waals surface area contributed by atoms with Crippen molar-refractivity contribution >= 4 is 25.6 Å². The van der Waals surface area contributed by atoms with Gasteiger partial charge < -0.3 is 5.32 Å². The van der Waals surface area contributed by atoms with Gasteiger partial charge >= 0.3 is 0 Å². The van der Waals surface area contributed by atoms with Crippen molar-refractivity contribution in [1.29, 1.82) is 0 Å². The maximum absolute atomic E-state index is 11.5. The summed E-state index contributed by atoms with van der Waals surface area (Å²) >= 11 is 0. The van der Waals surface area contributed by atoms with E-state index in [1.54, 1.807) is 13.0 Å². The summed E-state index contributed by atoms with van der Waals surface area (Å²) in [5.41, 5.74) is 0.0642. The highest BCUT2D eigenvalue weighted by Gasteiger charge is 2.18. The summed E-state index contributed by atoms with van der Waals surface area (Å²) in [5.74, 6) is -0.447. The van der Waals surface area contributed by atoms with Crippen LogP contribution in [-0.4, -0.2) is 20.9 Å². The van der Waals surface area contributed by atoms with Gasteiger partial charge in [0.2, 0.25) is 0 Å². The van der Waals surface area contributed by atoms with Crippen molar-refractivity contribution in [2.45, 2.75) is 11.8 Å². The number of amides is 1. The molecule has 0 saturated heterocycles. The second kappa shape index (κ2) is 4.63. The van der Waals surface area contributed by atoms with Gasteiger partial charge in [-0.25, -0.2) is 8.42 Å². The van der Waals surface area contributed by atoms with Crippen molar-refractivity contribution < 1.29 is 13.2 Å². The lowest BCUT2D eigenvalue weighted by Crippen LogP contribution is -2.24. The fourth-order valence-electron chi connectivity index (χ4n) is 1.12. The quantitative estimate of drug-likeness (QED) is 0.821. The van der Waals surface area contributed by atoms with Crippen LogP contribution in [0.4, 0.5) is 0 Å². The molecule has 82 valence electrons. The van der Waals surface area contributed by atoms with Gasteiger partial charge in [0.1, 0.15) is 0 Å². The van der Waals surface area contributed by atoms with Gasteiger partial charge in [-0.05, 0) is 19.1 Å². The van der Waals surface area contributed by atoms with E-state index in [0.29, 0.717) is 6.54 Å². The Morgan fingerprint density at radius 3 is 2.53 bits per heavy atom. The second-order valence-corrected chi connectivity index (χ2v) is 5.33. The highest BCUT2D eigenvalue weighted by atomic mass is 35.7. The summed E-state index contributed by atoms with van der Waals surface area (Å²) in [6, 6.07) is 5.81. The largest absolute Gasteiger partial charge is 0.352 e. The summed E-state index contributed by atoms with van der Waals surface area (Å²) < 4.78 is 22.3. The number of hydrogen-bond donors (Lipinski definition) is 1. The molecule has 0 aliphatic carbocycles. The number of halogens is 1. The van der Waals surface area contributed by atoms with E-state index in [0.717, 1.165) is 0 Å². The number of carbonyl (C=O) groups is 1. The molecule has 1 amide bonds. The molecule has 15 heavy (non-hydrogen) atoms. The van der Waals surface area contributed by atoms with E-state index in [1.807, 2.05) is 0 Å². The molecular formula is C9H10ClNO3S. The van der Waals surface area contributed by atoms with Crippen molar-refractivity contribution in [3.8, 4) is 0 Å². The Kier molecular flexibility index (Phi) is 3.71. The summed E-state index contributed by atoms with van der Waals surface area (Å²) in [6.45, 7) is 2.17. The minimum atomic E-state index is -3.89. The van der Waals surface area contributed by atoms with Gasteiger partial charge in [-0.1, -0.05) is 12.1 Å². The third-order valence-corrected chi connectivity index (χ3v) is 3.11. The Hall–Kier alpha value is -1.07. The number of nitrogens with one attached hydrogen (secondary N) is 1. The molecule has 1 aromatic rings. The number of hydrogen-bond acceptors (Lipinski definition) is 3. The lowest BCUT2D eigenvalue weighted by molar-refractivity contribution is 0.0952. The molecule has 0 bridgehead atoms. The number of carbonyl (C=O) groups excluding carboxylic acids is 1. The van der Waals surface area contributed by atoms with E-state index in [2.05, 4.69) is 5.32 Å². The average molecular weight is 248 g/mol. The van der Waals surface area contributed by atoms with Crippen molar-refractivity contribution in [2.75, 3.05) is 6.54 Å². The zero-order valence-electron chi connectivity index (χ0n) is 8.03. The third-order valence-electron chi connectivity index (χ3n) is 1.73. The molecule has 0 radical (unpaired) electrons. The van der Waals surface area contributed by atoms with Crippen LogP contribution in [0.3, 0.4) is 0 Å². The van der Waals surface area contributed by atoms with Crippen molar-refractivity contribution in [3.05, 3.63) is 29.8 Å². The first-order chi connectivity index (χ1) is 6.96. The van der Waals surface area contributed by atoms with Crippen LogP contribution in [0.25, 0.3) is 0 Å². The number of rotatable bonds is 3. The molecule has 0 heterocycles. The summed E-state index contributed by atoms with van der Waals surface area (Å²) in [5, 5.41) is 2.51. The van der Waals surface area contributed by atoms with E-state index in [4.69, 9.17) is 10.7 Å². The standard InChI is InChI=1S/C9H10ClNO3S/c1-2-11-9(12)7-5-3-4-6-8(7)15(10,13)14/h3-6H,2H2,1H3,(H,11,12). The Balaban J connectivity index is 3.25. The fourth-order valence-corrected chi connectivity index (χ4v) is 2.19. The van der Waals surface area contributed by atoms with Gasteiger partial charge in [-0.15, -0.1) is 0 Å². The molecule has 0 aromatic heterocycles. The van der Waals surface area contributed by atoms with Crippen LogP contribution < -0.4 is 5.32 Å². The molecule has 6 heteroatoms. The lowest BCUT2D eigenvalue weighted by atomic mass is 10.2. The van der Waals surface area contributed by atoms with Crippen LogP contribution in [0.1, 0.15) is 17.3 Å². The monoisotopic (exact) mass is 247 g/mol. The summed E-state index contributed by atoms with van der Waals surface area (Å²) in [7, 11) is 1.31. The van der Waals surface area contributed by atoms with Crippen molar-refractivity contribution in [2.24, 2.45) is 0 Å². The van der Waals surface area contributed by atoms with Crippen LogP contribution in [0.15, 0.2) is 29.2 Å². The molecule has 1 aromatic carbocycles. The van der Waals surface area contributed by atoms with Crippen LogP contribution in [0, 0.1) is 0 Å². The molecule has 0 fully saturated rings. The third kappa shape index (κ3) is 2.94. The molecule has 0 aliphatic heterocycles. The minimum Gasteiger partial charge on any atom is -0.352 e.